The Morgan fingerprint density at radius 1 is 0.657 bits per heavy atom. The minimum atomic E-state index is -1.08. The minimum Gasteiger partial charge on any atom is -0.481 e. The molecule has 0 fully saturated rings. The Labute approximate surface area is 215 Å². The second kappa shape index (κ2) is 28.4. The molecular formula is C29H54N2O4. The first-order valence-corrected chi connectivity index (χ1v) is 14.1. The van der Waals surface area contributed by atoms with Gasteiger partial charge in [-0.25, -0.2) is 0 Å². The molecule has 204 valence electrons. The summed E-state index contributed by atoms with van der Waals surface area (Å²) >= 11 is 0. The van der Waals surface area contributed by atoms with Gasteiger partial charge in [0.1, 0.15) is 0 Å². The third-order valence-corrected chi connectivity index (χ3v) is 6.03. The molecule has 0 saturated heterocycles. The van der Waals surface area contributed by atoms with E-state index in [1.54, 1.807) is 0 Å². The quantitative estimate of drug-likeness (QED) is 0.104. The highest BCUT2D eigenvalue weighted by Crippen LogP contribution is 2.13. The van der Waals surface area contributed by atoms with E-state index in [1.807, 2.05) is 0 Å². The summed E-state index contributed by atoms with van der Waals surface area (Å²) in [5.41, 5.74) is 0.709. The fourth-order valence-electron chi connectivity index (χ4n) is 3.90. The molecule has 0 aromatic heterocycles. The summed E-state index contributed by atoms with van der Waals surface area (Å²) in [5, 5.41) is 24.8. The highest BCUT2D eigenvalue weighted by molar-refractivity contribution is 5.75. The van der Waals surface area contributed by atoms with E-state index in [2.05, 4.69) is 31.4 Å². The number of carbonyl (C=O) groups is 2. The van der Waals surface area contributed by atoms with Crippen LogP contribution in [0.3, 0.4) is 0 Å². The molecule has 0 aromatic carbocycles. The van der Waals surface area contributed by atoms with Crippen LogP contribution >= 0.6 is 0 Å². The third kappa shape index (κ3) is 32.1. The van der Waals surface area contributed by atoms with Gasteiger partial charge in [-0.2, -0.15) is 5.26 Å². The number of carboxylic acid groups (broad SMARTS) is 2. The summed E-state index contributed by atoms with van der Waals surface area (Å²) in [4.78, 5) is 21.7. The van der Waals surface area contributed by atoms with Crippen molar-refractivity contribution in [2.75, 3.05) is 19.6 Å². The monoisotopic (exact) mass is 494 g/mol. The normalized spacial score (nSPS) is 10.5. The van der Waals surface area contributed by atoms with Gasteiger partial charge in [0.2, 0.25) is 0 Å². The Bertz CT molecular complexity index is 543. The molecule has 0 aliphatic carbocycles. The number of rotatable bonds is 24. The van der Waals surface area contributed by atoms with Crippen molar-refractivity contribution in [3.8, 4) is 6.07 Å². The fraction of sp³-hybridized carbons (Fsp3) is 0.828. The van der Waals surface area contributed by atoms with E-state index in [9.17, 15) is 9.59 Å². The summed E-state index contributed by atoms with van der Waals surface area (Å²) in [6.07, 6.45) is 22.8. The molecule has 0 unspecified atom stereocenters. The number of carboxylic acids is 2. The molecule has 0 atom stereocenters. The van der Waals surface area contributed by atoms with Gasteiger partial charge in [-0.05, 0) is 25.9 Å². The SMILES string of the molecule is C=C(C#N)CN(CCCCCC)CCCCCCCCCCCCCCC.O=C(O)CCC(=O)O. The van der Waals surface area contributed by atoms with Crippen molar-refractivity contribution in [1.29, 1.82) is 5.26 Å². The number of aliphatic carboxylic acids is 2. The largest absolute Gasteiger partial charge is 0.481 e. The lowest BCUT2D eigenvalue weighted by Crippen LogP contribution is -2.28. The van der Waals surface area contributed by atoms with Gasteiger partial charge >= 0.3 is 11.9 Å². The molecule has 0 saturated carbocycles. The summed E-state index contributed by atoms with van der Waals surface area (Å²) in [6.45, 7) is 11.4. The average Bonchev–Trinajstić information content (AvgIpc) is 2.83. The van der Waals surface area contributed by atoms with E-state index in [0.717, 1.165) is 19.6 Å². The summed E-state index contributed by atoms with van der Waals surface area (Å²) in [7, 11) is 0. The first-order chi connectivity index (χ1) is 16.9. The first-order valence-electron chi connectivity index (χ1n) is 14.1. The van der Waals surface area contributed by atoms with Crippen LogP contribution in [0.1, 0.15) is 136 Å². The molecule has 6 heteroatoms. The number of nitriles is 1. The van der Waals surface area contributed by atoms with Crippen molar-refractivity contribution in [3.63, 3.8) is 0 Å². The second-order valence-electron chi connectivity index (χ2n) is 9.58. The van der Waals surface area contributed by atoms with Crippen molar-refractivity contribution < 1.29 is 19.8 Å². The van der Waals surface area contributed by atoms with Crippen LogP contribution in [0.4, 0.5) is 0 Å². The minimum absolute atomic E-state index is 0.296. The zero-order valence-corrected chi connectivity index (χ0v) is 22.9. The molecule has 6 nitrogen and oxygen atoms in total. The zero-order valence-electron chi connectivity index (χ0n) is 22.9. The molecule has 0 spiro atoms. The topological polar surface area (TPSA) is 102 Å². The van der Waals surface area contributed by atoms with Gasteiger partial charge in [-0.1, -0.05) is 117 Å². The van der Waals surface area contributed by atoms with Crippen molar-refractivity contribution >= 4 is 11.9 Å². The second-order valence-corrected chi connectivity index (χ2v) is 9.58. The lowest BCUT2D eigenvalue weighted by Gasteiger charge is -2.21. The van der Waals surface area contributed by atoms with Gasteiger partial charge in [-0.15, -0.1) is 0 Å². The van der Waals surface area contributed by atoms with Crippen LogP contribution in [-0.2, 0) is 9.59 Å². The van der Waals surface area contributed by atoms with Crippen LogP contribution in [0.2, 0.25) is 0 Å². The van der Waals surface area contributed by atoms with E-state index < -0.39 is 11.9 Å². The van der Waals surface area contributed by atoms with E-state index in [-0.39, 0.29) is 12.8 Å². The molecule has 0 radical (unpaired) electrons. The van der Waals surface area contributed by atoms with E-state index in [4.69, 9.17) is 15.5 Å². The predicted molar refractivity (Wildman–Crippen MR) is 146 cm³/mol. The molecule has 0 bridgehead atoms. The van der Waals surface area contributed by atoms with Gasteiger partial charge in [0, 0.05) is 12.1 Å². The van der Waals surface area contributed by atoms with Crippen molar-refractivity contribution in [3.05, 3.63) is 12.2 Å². The number of hydrogen-bond donors (Lipinski definition) is 2. The lowest BCUT2D eigenvalue weighted by atomic mass is 10.0. The molecule has 0 rings (SSSR count). The Morgan fingerprint density at radius 2 is 0.971 bits per heavy atom. The van der Waals surface area contributed by atoms with Crippen LogP contribution in [-0.4, -0.2) is 46.7 Å². The van der Waals surface area contributed by atoms with Crippen LogP contribution in [0.5, 0.6) is 0 Å². The highest BCUT2D eigenvalue weighted by Gasteiger charge is 2.06. The summed E-state index contributed by atoms with van der Waals surface area (Å²) in [6, 6.07) is 2.21. The lowest BCUT2D eigenvalue weighted by molar-refractivity contribution is -0.143. The molecule has 2 N–H and O–H groups in total. The Morgan fingerprint density at radius 3 is 1.29 bits per heavy atom. The molecule has 0 aliphatic rings. The standard InChI is InChI=1S/C25H48N2.C4H6O4/c1-4-6-8-10-11-12-13-14-15-16-17-18-20-22-27(24-25(3)23-26)21-19-9-7-5-2;5-3(6)1-2-4(7)8/h3-22,24H2,1-2H3;1-2H2,(H,5,6)(H,7,8). The highest BCUT2D eigenvalue weighted by atomic mass is 16.4. The van der Waals surface area contributed by atoms with Crippen molar-refractivity contribution in [2.24, 2.45) is 0 Å². The first kappa shape index (κ1) is 35.3. The Balaban J connectivity index is 0. The Hall–Kier alpha value is -1.87. The van der Waals surface area contributed by atoms with E-state index in [1.165, 1.54) is 109 Å². The van der Waals surface area contributed by atoms with E-state index >= 15 is 0 Å². The smallest absolute Gasteiger partial charge is 0.303 e. The van der Waals surface area contributed by atoms with Gasteiger partial charge in [0.25, 0.3) is 0 Å². The molecule has 0 amide bonds. The maximum Gasteiger partial charge on any atom is 0.303 e. The van der Waals surface area contributed by atoms with Crippen LogP contribution in [0.25, 0.3) is 0 Å². The third-order valence-electron chi connectivity index (χ3n) is 6.03. The van der Waals surface area contributed by atoms with Gasteiger partial charge in [0.05, 0.1) is 18.9 Å². The predicted octanol–water partition coefficient (Wildman–Crippen LogP) is 7.98. The van der Waals surface area contributed by atoms with Crippen LogP contribution < -0.4 is 0 Å². The number of hydrogen-bond acceptors (Lipinski definition) is 4. The molecule has 0 aromatic rings. The maximum absolute atomic E-state index is 9.64. The summed E-state index contributed by atoms with van der Waals surface area (Å²) in [5.74, 6) is -2.15. The molecule has 0 heterocycles. The molecular weight excluding hydrogens is 440 g/mol. The number of unbranched alkanes of at least 4 members (excludes halogenated alkanes) is 15. The van der Waals surface area contributed by atoms with E-state index in [0.29, 0.717) is 5.57 Å². The van der Waals surface area contributed by atoms with Gasteiger partial charge in [0.15, 0.2) is 0 Å². The van der Waals surface area contributed by atoms with Crippen molar-refractivity contribution in [1.82, 2.24) is 4.90 Å². The van der Waals surface area contributed by atoms with Crippen LogP contribution in [0.15, 0.2) is 12.2 Å². The molecule has 35 heavy (non-hydrogen) atoms. The number of nitrogens with zero attached hydrogens (tertiary/aromatic N) is 2. The molecule has 0 aliphatic heterocycles. The maximum atomic E-state index is 9.64. The van der Waals surface area contributed by atoms with Gasteiger partial charge < -0.3 is 10.2 Å². The summed E-state index contributed by atoms with van der Waals surface area (Å²) < 4.78 is 0. The van der Waals surface area contributed by atoms with Gasteiger partial charge in [-0.3, -0.25) is 14.5 Å². The van der Waals surface area contributed by atoms with Crippen molar-refractivity contribution in [2.45, 2.75) is 136 Å². The fourth-order valence-corrected chi connectivity index (χ4v) is 3.90. The zero-order chi connectivity index (χ0) is 26.6. The Kier molecular flexibility index (Phi) is 28.6. The average molecular weight is 495 g/mol. The van der Waals surface area contributed by atoms with Crippen LogP contribution in [0, 0.1) is 11.3 Å².